The van der Waals surface area contributed by atoms with Crippen LogP contribution in [0.5, 0.6) is 0 Å². The Morgan fingerprint density at radius 3 is 2.00 bits per heavy atom. The molecule has 128 valence electrons. The Morgan fingerprint density at radius 1 is 1.19 bits per heavy atom. The molecule has 0 spiro atoms. The third-order valence-electron chi connectivity index (χ3n) is 2.90. The first-order chi connectivity index (χ1) is 9.99. The van der Waals surface area contributed by atoms with Gasteiger partial charge in [0.1, 0.15) is 17.5 Å². The molecular weight excluding hydrogens is 306 g/mol. The fraction of sp³-hybridized carbons (Fsp3) is 0.933. The van der Waals surface area contributed by atoms with E-state index >= 15 is 0 Å². The molecule has 0 rings (SSSR count). The highest BCUT2D eigenvalue weighted by atomic mass is 32.2. The number of unbranched alkanes of at least 4 members (excludes halogenated alkanes) is 4. The van der Waals surface area contributed by atoms with Crippen LogP contribution in [0.25, 0.3) is 0 Å². The Morgan fingerprint density at radius 2 is 1.67 bits per heavy atom. The average molecular weight is 340 g/mol. The number of hydrogen-bond acceptors (Lipinski definition) is 4. The highest BCUT2D eigenvalue weighted by Crippen LogP contribution is 2.04. The quantitative estimate of drug-likeness (QED) is 0.421. The first-order valence-corrected chi connectivity index (χ1v) is 10.7. The second-order valence-electron chi connectivity index (χ2n) is 4.99. The molecule has 0 aliphatic heterocycles. The molecular formula is C15H33NO3S2. The van der Waals surface area contributed by atoms with Gasteiger partial charge in [0.15, 0.2) is 0 Å². The molecule has 0 aromatic carbocycles. The van der Waals surface area contributed by atoms with Crippen molar-refractivity contribution in [3.8, 4) is 0 Å². The van der Waals surface area contributed by atoms with Gasteiger partial charge in [-0.05, 0) is 44.1 Å². The molecule has 4 nitrogen and oxygen atoms in total. The van der Waals surface area contributed by atoms with Gasteiger partial charge in [-0.2, -0.15) is 11.8 Å². The molecule has 0 fully saturated rings. The number of carboxylic acid groups (broad SMARTS) is 1. The maximum absolute atomic E-state index is 11.3. The second-order valence-corrected chi connectivity index (χ2v) is 7.67. The minimum Gasteiger partial charge on any atom is -0.616 e. The van der Waals surface area contributed by atoms with Gasteiger partial charge in [-0.25, -0.2) is 0 Å². The Bertz CT molecular complexity index is 221. The Kier molecular flexibility index (Phi) is 20.2. The average Bonchev–Trinajstić information content (AvgIpc) is 2.46. The summed E-state index contributed by atoms with van der Waals surface area (Å²) < 4.78 is 11.3. The zero-order chi connectivity index (χ0) is 16.5. The van der Waals surface area contributed by atoms with Gasteiger partial charge in [-0.3, -0.25) is 4.79 Å². The Hall–Kier alpha value is 0.0900. The summed E-state index contributed by atoms with van der Waals surface area (Å²) in [6.45, 7) is 4.36. The largest absolute Gasteiger partial charge is 0.616 e. The van der Waals surface area contributed by atoms with Crippen molar-refractivity contribution < 1.29 is 14.5 Å². The number of carboxylic acids is 1. The van der Waals surface area contributed by atoms with E-state index in [1.165, 1.54) is 25.7 Å². The maximum Gasteiger partial charge on any atom is 0.320 e. The number of hydrogen-bond donors (Lipinski definition) is 2. The SMILES string of the molecule is CCCCC[S+]([O-])CCCCC.CSCC[C@H](N)C(=O)O. The van der Waals surface area contributed by atoms with Crippen LogP contribution >= 0.6 is 11.8 Å². The van der Waals surface area contributed by atoms with Gasteiger partial charge >= 0.3 is 5.97 Å². The van der Waals surface area contributed by atoms with Crippen molar-refractivity contribution in [1.82, 2.24) is 0 Å². The van der Waals surface area contributed by atoms with Crippen LogP contribution in [-0.2, 0) is 16.0 Å². The van der Waals surface area contributed by atoms with Crippen LogP contribution in [0, 0.1) is 0 Å². The zero-order valence-corrected chi connectivity index (χ0v) is 15.4. The van der Waals surface area contributed by atoms with Gasteiger partial charge in [-0.1, -0.05) is 37.9 Å². The van der Waals surface area contributed by atoms with Crippen LogP contribution in [0.4, 0.5) is 0 Å². The summed E-state index contributed by atoms with van der Waals surface area (Å²) in [7, 11) is 0. The van der Waals surface area contributed by atoms with Gasteiger partial charge in [0.2, 0.25) is 0 Å². The normalized spacial score (nSPS) is 11.9. The molecule has 0 aromatic rings. The molecule has 0 unspecified atom stereocenters. The molecule has 0 saturated carbocycles. The van der Waals surface area contributed by atoms with E-state index in [1.807, 2.05) is 6.26 Å². The first-order valence-electron chi connectivity index (χ1n) is 7.81. The molecule has 3 N–H and O–H groups in total. The lowest BCUT2D eigenvalue weighted by atomic mass is 10.2. The van der Waals surface area contributed by atoms with Crippen LogP contribution in [0.3, 0.4) is 0 Å². The maximum atomic E-state index is 11.3. The number of rotatable bonds is 12. The lowest BCUT2D eigenvalue weighted by Crippen LogP contribution is -2.30. The molecule has 6 heteroatoms. The highest BCUT2D eigenvalue weighted by molar-refractivity contribution is 7.98. The lowest BCUT2D eigenvalue weighted by molar-refractivity contribution is -0.138. The van der Waals surface area contributed by atoms with Gasteiger partial charge in [0.05, 0.1) is 0 Å². The van der Waals surface area contributed by atoms with E-state index in [9.17, 15) is 9.35 Å². The van der Waals surface area contributed by atoms with Gasteiger partial charge in [0.25, 0.3) is 0 Å². The topological polar surface area (TPSA) is 86.4 Å². The smallest absolute Gasteiger partial charge is 0.320 e. The molecule has 21 heavy (non-hydrogen) atoms. The Balaban J connectivity index is 0. The number of carbonyl (C=O) groups is 1. The van der Waals surface area contributed by atoms with E-state index in [0.29, 0.717) is 6.42 Å². The summed E-state index contributed by atoms with van der Waals surface area (Å²) in [5.74, 6) is 1.76. The molecule has 0 aliphatic rings. The summed E-state index contributed by atoms with van der Waals surface area (Å²) in [5, 5.41) is 8.27. The third kappa shape index (κ3) is 20.1. The van der Waals surface area contributed by atoms with E-state index < -0.39 is 23.2 Å². The third-order valence-corrected chi connectivity index (χ3v) is 5.03. The minimum absolute atomic E-state index is 0.523. The molecule has 1 atom stereocenters. The van der Waals surface area contributed by atoms with Crippen molar-refractivity contribution in [2.75, 3.05) is 23.5 Å². The summed E-state index contributed by atoms with van der Waals surface area (Å²) in [4.78, 5) is 10.1. The summed E-state index contributed by atoms with van der Waals surface area (Å²) in [6.07, 6.45) is 9.70. The molecule has 0 bridgehead atoms. The van der Waals surface area contributed by atoms with Crippen LogP contribution in [0.15, 0.2) is 0 Å². The fourth-order valence-corrected chi connectivity index (χ4v) is 3.24. The number of thioether (sulfide) groups is 1. The van der Waals surface area contributed by atoms with Crippen molar-refractivity contribution in [1.29, 1.82) is 0 Å². The van der Waals surface area contributed by atoms with Crippen LogP contribution in [0.2, 0.25) is 0 Å². The van der Waals surface area contributed by atoms with Crippen molar-refractivity contribution in [2.45, 2.75) is 64.8 Å². The van der Waals surface area contributed by atoms with Crippen LogP contribution < -0.4 is 5.73 Å². The number of aliphatic carboxylic acids is 1. The van der Waals surface area contributed by atoms with E-state index in [4.69, 9.17) is 10.8 Å². The van der Waals surface area contributed by atoms with Gasteiger partial charge in [0, 0.05) is 0 Å². The Labute approximate surface area is 137 Å². The van der Waals surface area contributed by atoms with Crippen molar-refractivity contribution in [3.63, 3.8) is 0 Å². The van der Waals surface area contributed by atoms with Gasteiger partial charge in [-0.15, -0.1) is 0 Å². The van der Waals surface area contributed by atoms with Crippen molar-refractivity contribution in [2.24, 2.45) is 5.73 Å². The van der Waals surface area contributed by atoms with E-state index in [2.05, 4.69) is 13.8 Å². The number of nitrogens with two attached hydrogens (primary N) is 1. The molecule has 0 aliphatic carbocycles. The van der Waals surface area contributed by atoms with E-state index in [1.54, 1.807) is 11.8 Å². The van der Waals surface area contributed by atoms with E-state index in [-0.39, 0.29) is 0 Å². The monoisotopic (exact) mass is 339 g/mol. The molecule has 0 heterocycles. The molecule has 0 radical (unpaired) electrons. The standard InChI is InChI=1S/C10H22OS.C5H11NO2S/c1-3-5-7-9-12(11)10-8-6-4-2;1-9-3-2-4(6)5(7)8/h3-10H2,1-2H3;4H,2-3,6H2,1H3,(H,7,8)/t;4-/m.0/s1. The molecule has 0 aromatic heterocycles. The second kappa shape index (κ2) is 18.1. The first kappa shape index (κ1) is 23.4. The molecule has 0 amide bonds. The van der Waals surface area contributed by atoms with E-state index in [0.717, 1.165) is 30.1 Å². The van der Waals surface area contributed by atoms with Crippen molar-refractivity contribution in [3.05, 3.63) is 0 Å². The summed E-state index contributed by atoms with van der Waals surface area (Å²) in [6, 6.07) is -0.683. The highest BCUT2D eigenvalue weighted by Gasteiger charge is 2.09. The summed E-state index contributed by atoms with van der Waals surface area (Å²) in [5.41, 5.74) is 5.19. The summed E-state index contributed by atoms with van der Waals surface area (Å²) >= 11 is 1.08. The molecule has 0 saturated heterocycles. The predicted octanol–water partition coefficient (Wildman–Crippen LogP) is 3.27. The predicted molar refractivity (Wildman–Crippen MR) is 95.5 cm³/mol. The zero-order valence-electron chi connectivity index (χ0n) is 13.8. The van der Waals surface area contributed by atoms with Gasteiger partial charge < -0.3 is 15.4 Å². The van der Waals surface area contributed by atoms with Crippen LogP contribution in [0.1, 0.15) is 58.8 Å². The minimum atomic E-state index is -0.913. The fourth-order valence-electron chi connectivity index (χ4n) is 1.50. The van der Waals surface area contributed by atoms with Crippen molar-refractivity contribution >= 4 is 28.9 Å². The van der Waals surface area contributed by atoms with Crippen LogP contribution in [-0.4, -0.2) is 45.2 Å². The lowest BCUT2D eigenvalue weighted by Gasteiger charge is -2.09.